The fourth-order valence-electron chi connectivity index (χ4n) is 2.10. The van der Waals surface area contributed by atoms with Gasteiger partial charge in [0.25, 0.3) is 15.3 Å². The molecule has 1 heterocycles. The maximum absolute atomic E-state index is 11.8. The summed E-state index contributed by atoms with van der Waals surface area (Å²) < 4.78 is 22.6. The highest BCUT2D eigenvalue weighted by Gasteiger charge is 2.24. The molecule has 4 nitrogen and oxygen atoms in total. The Morgan fingerprint density at radius 3 is 2.60 bits per heavy atom. The van der Waals surface area contributed by atoms with Crippen LogP contribution in [0.15, 0.2) is 41.1 Å². The van der Waals surface area contributed by atoms with E-state index in [1.807, 2.05) is 32.0 Å². The molecule has 0 fully saturated rings. The lowest BCUT2D eigenvalue weighted by molar-refractivity contribution is -0.688. The normalized spacial score (nSPS) is 18.6. The fourth-order valence-corrected chi connectivity index (χ4v) is 2.93. The highest BCUT2D eigenvalue weighted by molar-refractivity contribution is 7.73. The second-order valence-electron chi connectivity index (χ2n) is 4.71. The number of benzene rings is 1. The Hall–Kier alpha value is -1.40. The number of hydrogen-bond acceptors (Lipinski definition) is 3. The lowest BCUT2D eigenvalue weighted by Gasteiger charge is -2.24. The average Bonchev–Trinajstić information content (AvgIpc) is 2.38. The molecular formula is C14H14ClNO3S. The van der Waals surface area contributed by atoms with Crippen molar-refractivity contribution in [2.24, 2.45) is 0 Å². The number of allylic oxidation sites excluding steroid dienone is 2. The van der Waals surface area contributed by atoms with Crippen LogP contribution in [0.2, 0.25) is 0 Å². The number of rotatable bonds is 2. The Balaban J connectivity index is 2.47. The SMILES string of the molecule is Cc1ccc(C)c(CC2=CC=C(Cl)[NH+]([O-])C2=S(=O)=O)c1. The minimum atomic E-state index is -2.59. The summed E-state index contributed by atoms with van der Waals surface area (Å²) in [5, 5.41) is 11.1. The van der Waals surface area contributed by atoms with Crippen LogP contribution < -0.4 is 5.06 Å². The molecule has 106 valence electrons. The molecule has 1 aromatic rings. The van der Waals surface area contributed by atoms with Gasteiger partial charge in [0, 0.05) is 18.1 Å². The van der Waals surface area contributed by atoms with Crippen LogP contribution in [0.4, 0.5) is 0 Å². The second-order valence-corrected chi connectivity index (χ2v) is 5.99. The molecule has 20 heavy (non-hydrogen) atoms. The van der Waals surface area contributed by atoms with Crippen molar-refractivity contribution in [3.05, 3.63) is 63.0 Å². The van der Waals surface area contributed by atoms with E-state index in [0.29, 0.717) is 12.0 Å². The zero-order chi connectivity index (χ0) is 14.9. The van der Waals surface area contributed by atoms with Crippen LogP contribution in [0.3, 0.4) is 0 Å². The van der Waals surface area contributed by atoms with Crippen LogP contribution >= 0.6 is 11.6 Å². The molecule has 0 aliphatic carbocycles. The number of hydrogen-bond donors (Lipinski definition) is 1. The fraction of sp³-hybridized carbons (Fsp3) is 0.214. The summed E-state index contributed by atoms with van der Waals surface area (Å²) in [6.07, 6.45) is 3.43. The van der Waals surface area contributed by atoms with E-state index >= 15 is 0 Å². The Kier molecular flexibility index (Phi) is 4.45. The van der Waals surface area contributed by atoms with Crippen molar-refractivity contribution in [1.82, 2.24) is 0 Å². The van der Waals surface area contributed by atoms with E-state index in [4.69, 9.17) is 11.6 Å². The summed E-state index contributed by atoms with van der Waals surface area (Å²) in [5.74, 6) is 0. The minimum absolute atomic E-state index is 0.0751. The summed E-state index contributed by atoms with van der Waals surface area (Å²) in [6.45, 7) is 3.92. The van der Waals surface area contributed by atoms with E-state index in [-0.39, 0.29) is 10.1 Å². The van der Waals surface area contributed by atoms with Gasteiger partial charge in [0.1, 0.15) is 0 Å². The van der Waals surface area contributed by atoms with Crippen LogP contribution in [0.1, 0.15) is 16.7 Å². The minimum Gasteiger partial charge on any atom is -0.622 e. The van der Waals surface area contributed by atoms with Gasteiger partial charge in [0.2, 0.25) is 5.16 Å². The summed E-state index contributed by atoms with van der Waals surface area (Å²) in [4.78, 5) is -0.238. The molecule has 1 aromatic carbocycles. The van der Waals surface area contributed by atoms with Crippen LogP contribution in [0.25, 0.3) is 0 Å². The predicted octanol–water partition coefficient (Wildman–Crippen LogP) is 1.26. The smallest absolute Gasteiger partial charge is 0.277 e. The van der Waals surface area contributed by atoms with E-state index in [0.717, 1.165) is 16.7 Å². The van der Waals surface area contributed by atoms with Crippen molar-refractivity contribution in [3.8, 4) is 0 Å². The second kappa shape index (κ2) is 5.93. The third-order valence-electron chi connectivity index (χ3n) is 3.20. The molecule has 1 aliphatic rings. The molecule has 0 bridgehead atoms. The molecular weight excluding hydrogens is 298 g/mol. The van der Waals surface area contributed by atoms with E-state index in [1.165, 1.54) is 6.08 Å². The van der Waals surface area contributed by atoms with Gasteiger partial charge in [0.05, 0.1) is 0 Å². The summed E-state index contributed by atoms with van der Waals surface area (Å²) in [7, 11) is -2.59. The number of aryl methyl sites for hydroxylation is 2. The number of hydroxylamine groups is 2. The van der Waals surface area contributed by atoms with Gasteiger partial charge in [0.15, 0.2) is 0 Å². The van der Waals surface area contributed by atoms with Crippen LogP contribution in [0, 0.1) is 19.1 Å². The van der Waals surface area contributed by atoms with Crippen LogP contribution in [-0.2, 0) is 16.7 Å². The first-order valence-corrected chi connectivity index (χ1v) is 7.49. The lowest BCUT2D eigenvalue weighted by Crippen LogP contribution is -3.08. The Morgan fingerprint density at radius 1 is 1.25 bits per heavy atom. The molecule has 1 N–H and O–H groups in total. The third kappa shape index (κ3) is 3.02. The number of nitrogens with one attached hydrogen (secondary N) is 1. The van der Waals surface area contributed by atoms with E-state index in [1.54, 1.807) is 6.08 Å². The van der Waals surface area contributed by atoms with Crippen molar-refractivity contribution in [3.63, 3.8) is 0 Å². The molecule has 6 heteroatoms. The maximum atomic E-state index is 11.8. The standard InChI is InChI=1S/C14H14ClNO3S/c1-9-3-4-10(2)12(7-9)8-11-5-6-13(15)16(17)14(11)20(18)19/h3-7,16H,8H2,1-2H3. The first kappa shape index (κ1) is 15.0. The summed E-state index contributed by atoms with van der Waals surface area (Å²) in [6, 6.07) is 5.96. The molecule has 0 radical (unpaired) electrons. The van der Waals surface area contributed by atoms with Crippen molar-refractivity contribution >= 4 is 26.9 Å². The maximum Gasteiger partial charge on any atom is 0.277 e. The van der Waals surface area contributed by atoms with Gasteiger partial charge >= 0.3 is 0 Å². The van der Waals surface area contributed by atoms with Gasteiger partial charge in [-0.25, -0.2) is 0 Å². The van der Waals surface area contributed by atoms with Gasteiger partial charge in [-0.05, 0) is 42.7 Å². The van der Waals surface area contributed by atoms with Gasteiger partial charge in [-0.2, -0.15) is 8.42 Å². The first-order valence-electron chi connectivity index (χ1n) is 6.04. The van der Waals surface area contributed by atoms with Gasteiger partial charge < -0.3 is 5.21 Å². The summed E-state index contributed by atoms with van der Waals surface area (Å²) >= 11 is 5.70. The van der Waals surface area contributed by atoms with E-state index in [2.05, 4.69) is 0 Å². The molecule has 0 saturated carbocycles. The molecule has 1 unspecified atom stereocenters. The molecule has 0 aromatic heterocycles. The van der Waals surface area contributed by atoms with Crippen molar-refractivity contribution in [1.29, 1.82) is 0 Å². The molecule has 0 saturated heterocycles. The first-order chi connectivity index (χ1) is 9.40. The lowest BCUT2D eigenvalue weighted by atomic mass is 9.97. The molecule has 0 spiro atoms. The van der Waals surface area contributed by atoms with Crippen LogP contribution in [0.5, 0.6) is 0 Å². The van der Waals surface area contributed by atoms with Gasteiger partial charge in [-0.15, -0.1) is 0 Å². The van der Waals surface area contributed by atoms with Crippen molar-refractivity contribution < 1.29 is 13.5 Å². The monoisotopic (exact) mass is 311 g/mol. The quantitative estimate of drug-likeness (QED) is 0.508. The van der Waals surface area contributed by atoms with E-state index < -0.39 is 15.4 Å². The number of quaternary nitrogens is 1. The van der Waals surface area contributed by atoms with Gasteiger partial charge in [-0.1, -0.05) is 23.8 Å². The highest BCUT2D eigenvalue weighted by atomic mass is 35.5. The van der Waals surface area contributed by atoms with E-state index in [9.17, 15) is 13.6 Å². The molecule has 1 aliphatic heterocycles. The van der Waals surface area contributed by atoms with Crippen LogP contribution in [-0.4, -0.2) is 13.4 Å². The van der Waals surface area contributed by atoms with Crippen molar-refractivity contribution in [2.75, 3.05) is 0 Å². The predicted molar refractivity (Wildman–Crippen MR) is 79.9 cm³/mol. The Labute approximate surface area is 124 Å². The average molecular weight is 312 g/mol. The zero-order valence-corrected chi connectivity index (χ0v) is 12.7. The third-order valence-corrected chi connectivity index (χ3v) is 4.28. The van der Waals surface area contributed by atoms with Crippen molar-refractivity contribution in [2.45, 2.75) is 20.3 Å². The highest BCUT2D eigenvalue weighted by Crippen LogP contribution is 2.17. The molecule has 0 amide bonds. The Morgan fingerprint density at radius 2 is 1.95 bits per heavy atom. The Bertz CT molecular complexity index is 740. The molecule has 1 atom stereocenters. The zero-order valence-electron chi connectivity index (χ0n) is 11.1. The van der Waals surface area contributed by atoms with Gasteiger partial charge in [-0.3, -0.25) is 5.06 Å². The summed E-state index contributed by atoms with van der Waals surface area (Å²) in [5.41, 5.74) is 3.62. The number of halogens is 1. The topological polar surface area (TPSA) is 61.6 Å². The molecule has 2 rings (SSSR count). The largest absolute Gasteiger partial charge is 0.622 e.